The van der Waals surface area contributed by atoms with Crippen molar-refractivity contribution >= 4 is 29.3 Å². The second kappa shape index (κ2) is 9.00. The van der Waals surface area contributed by atoms with Gasteiger partial charge in [-0.1, -0.05) is 29.8 Å². The number of piperidine rings is 1. The number of likely N-dealkylation sites (tertiary alicyclic amines) is 1. The molecule has 4 rings (SSSR count). The van der Waals surface area contributed by atoms with Crippen molar-refractivity contribution in [3.8, 4) is 0 Å². The molecule has 0 saturated carbocycles. The molecule has 0 spiro atoms. The molecule has 4 nitrogen and oxygen atoms in total. The summed E-state index contributed by atoms with van der Waals surface area (Å²) < 4.78 is 27.0. The number of fused-ring (bicyclic) bond motifs is 1. The molecule has 0 bridgehead atoms. The third-order valence-corrected chi connectivity index (χ3v) is 6.84. The molecule has 0 radical (unpaired) electrons. The summed E-state index contributed by atoms with van der Waals surface area (Å²) in [6.45, 7) is 2.20. The normalized spacial score (nSPS) is 24.8. The molecule has 2 aliphatic rings. The Kier molecular flexibility index (Phi) is 6.39. The van der Waals surface area contributed by atoms with Gasteiger partial charge in [0.05, 0.1) is 5.92 Å². The van der Waals surface area contributed by atoms with E-state index in [-0.39, 0.29) is 35.0 Å². The number of thioether (sulfide) groups is 1. The summed E-state index contributed by atoms with van der Waals surface area (Å²) >= 11 is 7.52. The SMILES string of the molecule is O=C1NC(SCc2c(F)cccc2Cl)NC2CCN(Cc3ccc(F)cc3)CC12. The number of halogens is 3. The van der Waals surface area contributed by atoms with Crippen LogP contribution in [-0.2, 0) is 17.1 Å². The van der Waals surface area contributed by atoms with Gasteiger partial charge >= 0.3 is 0 Å². The number of hydrogen-bond donors (Lipinski definition) is 2. The monoisotopic (exact) mass is 437 g/mol. The van der Waals surface area contributed by atoms with Crippen LogP contribution < -0.4 is 10.6 Å². The molecule has 3 unspecified atom stereocenters. The standard InChI is InChI=1S/C21H22ClF2N3OS/c22-17-2-1-3-18(24)16(17)12-29-21-25-19-8-9-27(11-15(19)20(28)26-21)10-13-4-6-14(23)7-5-13/h1-7,15,19,21,25H,8-12H2,(H,26,28). The number of benzene rings is 2. The number of amides is 1. The van der Waals surface area contributed by atoms with Crippen molar-refractivity contribution in [1.82, 2.24) is 15.5 Å². The van der Waals surface area contributed by atoms with Crippen LogP contribution >= 0.6 is 23.4 Å². The summed E-state index contributed by atoms with van der Waals surface area (Å²) in [6, 6.07) is 11.2. The van der Waals surface area contributed by atoms with E-state index in [1.165, 1.54) is 30.0 Å². The zero-order valence-corrected chi connectivity index (χ0v) is 17.3. The molecule has 2 aromatic rings. The maximum atomic E-state index is 14.0. The first kappa shape index (κ1) is 20.6. The first-order valence-corrected chi connectivity index (χ1v) is 11.0. The Morgan fingerprint density at radius 2 is 1.97 bits per heavy atom. The Morgan fingerprint density at radius 1 is 1.17 bits per heavy atom. The quantitative estimate of drug-likeness (QED) is 0.747. The van der Waals surface area contributed by atoms with Crippen LogP contribution in [0.4, 0.5) is 8.78 Å². The highest BCUT2D eigenvalue weighted by molar-refractivity contribution is 7.99. The number of nitrogens with one attached hydrogen (secondary N) is 2. The van der Waals surface area contributed by atoms with Crippen molar-refractivity contribution in [2.24, 2.45) is 5.92 Å². The van der Waals surface area contributed by atoms with Gasteiger partial charge in [0.15, 0.2) is 0 Å². The van der Waals surface area contributed by atoms with Crippen molar-refractivity contribution in [2.45, 2.75) is 30.3 Å². The zero-order valence-electron chi connectivity index (χ0n) is 15.7. The number of hydrogen-bond acceptors (Lipinski definition) is 4. The average molecular weight is 438 g/mol. The van der Waals surface area contributed by atoms with E-state index in [4.69, 9.17) is 11.6 Å². The highest BCUT2D eigenvalue weighted by atomic mass is 35.5. The van der Waals surface area contributed by atoms with E-state index >= 15 is 0 Å². The van der Waals surface area contributed by atoms with Gasteiger partial charge in [-0.3, -0.25) is 15.0 Å². The van der Waals surface area contributed by atoms with E-state index in [0.29, 0.717) is 29.4 Å². The Balaban J connectivity index is 1.33. The lowest BCUT2D eigenvalue weighted by atomic mass is 9.89. The fourth-order valence-corrected chi connectivity index (χ4v) is 5.28. The number of rotatable bonds is 5. The Hall–Kier alpha value is -1.67. The molecule has 0 aromatic heterocycles. The van der Waals surface area contributed by atoms with E-state index in [2.05, 4.69) is 15.5 Å². The van der Waals surface area contributed by atoms with Crippen molar-refractivity contribution < 1.29 is 13.6 Å². The van der Waals surface area contributed by atoms with E-state index in [9.17, 15) is 13.6 Å². The Labute approximate surface area is 178 Å². The van der Waals surface area contributed by atoms with Crippen molar-refractivity contribution in [1.29, 1.82) is 0 Å². The highest BCUT2D eigenvalue weighted by Gasteiger charge is 2.39. The average Bonchev–Trinajstić information content (AvgIpc) is 2.70. The lowest BCUT2D eigenvalue weighted by molar-refractivity contribution is -0.130. The maximum absolute atomic E-state index is 14.0. The summed E-state index contributed by atoms with van der Waals surface area (Å²) in [6.07, 6.45) is 0.844. The predicted molar refractivity (Wildman–Crippen MR) is 111 cm³/mol. The van der Waals surface area contributed by atoms with Crippen LogP contribution in [0.3, 0.4) is 0 Å². The van der Waals surface area contributed by atoms with Crippen LogP contribution in [-0.4, -0.2) is 35.4 Å². The fraction of sp³-hybridized carbons (Fsp3) is 0.381. The zero-order chi connectivity index (χ0) is 20.4. The molecule has 29 heavy (non-hydrogen) atoms. The largest absolute Gasteiger partial charge is 0.331 e. The van der Waals surface area contributed by atoms with Crippen LogP contribution in [0.5, 0.6) is 0 Å². The molecular formula is C21H22ClF2N3OS. The molecular weight excluding hydrogens is 416 g/mol. The van der Waals surface area contributed by atoms with Crippen LogP contribution in [0, 0.1) is 17.6 Å². The van der Waals surface area contributed by atoms with Gasteiger partial charge in [0, 0.05) is 42.0 Å². The summed E-state index contributed by atoms with van der Waals surface area (Å²) in [5, 5.41) is 6.86. The minimum Gasteiger partial charge on any atom is -0.331 e. The lowest BCUT2D eigenvalue weighted by Gasteiger charge is -2.43. The highest BCUT2D eigenvalue weighted by Crippen LogP contribution is 2.29. The van der Waals surface area contributed by atoms with Gasteiger partial charge in [-0.2, -0.15) is 0 Å². The Morgan fingerprint density at radius 3 is 2.72 bits per heavy atom. The van der Waals surface area contributed by atoms with Crippen LogP contribution in [0.2, 0.25) is 5.02 Å². The fourth-order valence-electron chi connectivity index (χ4n) is 3.88. The third kappa shape index (κ3) is 4.91. The van der Waals surface area contributed by atoms with Crippen molar-refractivity contribution in [3.05, 3.63) is 70.2 Å². The number of nitrogens with zero attached hydrogens (tertiary/aromatic N) is 1. The molecule has 1 amide bonds. The minimum atomic E-state index is -0.334. The third-order valence-electron chi connectivity index (χ3n) is 5.45. The van der Waals surface area contributed by atoms with Crippen molar-refractivity contribution in [3.63, 3.8) is 0 Å². The molecule has 2 saturated heterocycles. The van der Waals surface area contributed by atoms with Gasteiger partial charge in [-0.25, -0.2) is 8.78 Å². The molecule has 3 atom stereocenters. The predicted octanol–water partition coefficient (Wildman–Crippen LogP) is 3.75. The first-order valence-electron chi connectivity index (χ1n) is 9.57. The van der Waals surface area contributed by atoms with Crippen LogP contribution in [0.15, 0.2) is 42.5 Å². The topological polar surface area (TPSA) is 44.4 Å². The minimum absolute atomic E-state index is 0.00897. The van der Waals surface area contributed by atoms with E-state index in [0.717, 1.165) is 18.5 Å². The van der Waals surface area contributed by atoms with Crippen molar-refractivity contribution in [2.75, 3.05) is 13.1 Å². The molecule has 0 aliphatic carbocycles. The summed E-state index contributed by atoms with van der Waals surface area (Å²) in [5.74, 6) is -0.340. The van der Waals surface area contributed by atoms with Gasteiger partial charge in [-0.05, 0) is 36.2 Å². The van der Waals surface area contributed by atoms with Gasteiger partial charge < -0.3 is 5.32 Å². The van der Waals surface area contributed by atoms with Gasteiger partial charge in [0.25, 0.3) is 0 Å². The molecule has 2 aliphatic heterocycles. The van der Waals surface area contributed by atoms with Gasteiger partial charge in [0.2, 0.25) is 5.91 Å². The summed E-state index contributed by atoms with van der Waals surface area (Å²) in [7, 11) is 0. The van der Waals surface area contributed by atoms with Crippen LogP contribution in [0.25, 0.3) is 0 Å². The Bertz CT molecular complexity index is 862. The molecule has 2 fully saturated rings. The lowest BCUT2D eigenvalue weighted by Crippen LogP contribution is -2.64. The summed E-state index contributed by atoms with van der Waals surface area (Å²) in [4.78, 5) is 14.9. The molecule has 2 N–H and O–H groups in total. The number of carbonyl (C=O) groups is 1. The second-order valence-corrected chi connectivity index (χ2v) is 8.93. The molecule has 8 heteroatoms. The molecule has 154 valence electrons. The maximum Gasteiger partial charge on any atom is 0.227 e. The van der Waals surface area contributed by atoms with E-state index in [1.807, 2.05) is 0 Å². The molecule has 2 heterocycles. The van der Waals surface area contributed by atoms with E-state index < -0.39 is 0 Å². The molecule has 2 aromatic carbocycles. The van der Waals surface area contributed by atoms with Gasteiger partial charge in [-0.15, -0.1) is 11.8 Å². The number of carbonyl (C=O) groups excluding carboxylic acids is 1. The van der Waals surface area contributed by atoms with E-state index in [1.54, 1.807) is 24.3 Å². The smallest absolute Gasteiger partial charge is 0.227 e. The first-order chi connectivity index (χ1) is 14.0. The second-order valence-electron chi connectivity index (χ2n) is 7.43. The van der Waals surface area contributed by atoms with Gasteiger partial charge in [0.1, 0.15) is 17.1 Å². The van der Waals surface area contributed by atoms with Crippen LogP contribution in [0.1, 0.15) is 17.5 Å². The summed E-state index contributed by atoms with van der Waals surface area (Å²) in [5.41, 5.74) is 1.21.